The van der Waals surface area contributed by atoms with Gasteiger partial charge in [-0.2, -0.15) is 5.10 Å². The van der Waals surface area contributed by atoms with E-state index in [4.69, 9.17) is 16.7 Å². The fourth-order valence-electron chi connectivity index (χ4n) is 2.26. The Morgan fingerprint density at radius 2 is 2.00 bits per heavy atom. The van der Waals surface area contributed by atoms with Gasteiger partial charge in [-0.1, -0.05) is 23.7 Å². The van der Waals surface area contributed by atoms with Gasteiger partial charge in [0.1, 0.15) is 15.9 Å². The van der Waals surface area contributed by atoms with Crippen LogP contribution in [0, 0.1) is 12.7 Å². The molecule has 0 aliphatic heterocycles. The van der Waals surface area contributed by atoms with Gasteiger partial charge in [0.25, 0.3) is 0 Å². The van der Waals surface area contributed by atoms with Crippen LogP contribution in [0.15, 0.2) is 29.2 Å². The zero-order valence-corrected chi connectivity index (χ0v) is 14.4. The van der Waals surface area contributed by atoms with Crippen molar-refractivity contribution in [2.24, 2.45) is 7.05 Å². The molecular weight excluding hydrogens is 361 g/mol. The number of aliphatic carboxylic acids is 1. The van der Waals surface area contributed by atoms with Crippen LogP contribution in [0.2, 0.25) is 5.15 Å². The standard InChI is InChI=1S/C14H15ClFN3O4S/c1-8-13(14(15)19(2)17-8)24(22,23)18-11(7-12(20)21)9-3-5-10(16)6-4-9/h3-6,11,18H,7H2,1-2H3,(H,20,21). The van der Waals surface area contributed by atoms with Crippen molar-refractivity contribution in [3.8, 4) is 0 Å². The molecule has 0 saturated heterocycles. The summed E-state index contributed by atoms with van der Waals surface area (Å²) in [5.41, 5.74) is 0.503. The highest BCUT2D eigenvalue weighted by Crippen LogP contribution is 2.27. The summed E-state index contributed by atoms with van der Waals surface area (Å²) in [5, 5.41) is 12.9. The molecule has 0 aliphatic rings. The number of carboxylic acids is 1. The number of rotatable bonds is 6. The molecule has 0 spiro atoms. The highest BCUT2D eigenvalue weighted by molar-refractivity contribution is 7.89. The molecule has 0 bridgehead atoms. The molecule has 1 aromatic carbocycles. The van der Waals surface area contributed by atoms with Crippen LogP contribution in [0.5, 0.6) is 0 Å². The van der Waals surface area contributed by atoms with Gasteiger partial charge in [0.15, 0.2) is 0 Å². The molecule has 130 valence electrons. The summed E-state index contributed by atoms with van der Waals surface area (Å²) in [6, 6.07) is 3.82. The molecule has 0 saturated carbocycles. The molecule has 1 unspecified atom stereocenters. The molecule has 2 N–H and O–H groups in total. The monoisotopic (exact) mass is 375 g/mol. The molecule has 1 heterocycles. The van der Waals surface area contributed by atoms with Gasteiger partial charge in [-0.3, -0.25) is 9.48 Å². The minimum atomic E-state index is -4.13. The maximum atomic E-state index is 13.0. The summed E-state index contributed by atoms with van der Waals surface area (Å²) in [5.74, 6) is -1.72. The predicted octanol–water partition coefficient (Wildman–Crippen LogP) is 2.02. The van der Waals surface area contributed by atoms with Gasteiger partial charge < -0.3 is 5.11 Å². The predicted molar refractivity (Wildman–Crippen MR) is 84.7 cm³/mol. The molecule has 24 heavy (non-hydrogen) atoms. The number of carboxylic acid groups (broad SMARTS) is 1. The number of nitrogens with one attached hydrogen (secondary N) is 1. The van der Waals surface area contributed by atoms with Crippen molar-refractivity contribution in [2.45, 2.75) is 24.3 Å². The fourth-order valence-corrected chi connectivity index (χ4v) is 4.23. The van der Waals surface area contributed by atoms with E-state index >= 15 is 0 Å². The Hall–Kier alpha value is -1.97. The summed E-state index contributed by atoms with van der Waals surface area (Å²) in [6.45, 7) is 1.48. The summed E-state index contributed by atoms with van der Waals surface area (Å²) in [6.07, 6.45) is -0.512. The van der Waals surface area contributed by atoms with E-state index in [1.165, 1.54) is 30.8 Å². The van der Waals surface area contributed by atoms with Crippen molar-refractivity contribution in [2.75, 3.05) is 0 Å². The number of aryl methyl sites for hydroxylation is 2. The Balaban J connectivity index is 2.41. The van der Waals surface area contributed by atoms with E-state index in [9.17, 15) is 17.6 Å². The third kappa shape index (κ3) is 3.92. The highest BCUT2D eigenvalue weighted by atomic mass is 35.5. The molecule has 1 atom stereocenters. The lowest BCUT2D eigenvalue weighted by molar-refractivity contribution is -0.137. The first kappa shape index (κ1) is 18.4. The second-order valence-corrected chi connectivity index (χ2v) is 7.16. The van der Waals surface area contributed by atoms with E-state index in [2.05, 4.69) is 9.82 Å². The van der Waals surface area contributed by atoms with Crippen LogP contribution in [0.3, 0.4) is 0 Å². The first-order valence-corrected chi connectivity index (χ1v) is 8.66. The van der Waals surface area contributed by atoms with E-state index in [1.807, 2.05) is 0 Å². The van der Waals surface area contributed by atoms with Crippen molar-refractivity contribution in [1.82, 2.24) is 14.5 Å². The summed E-state index contributed by atoms with van der Waals surface area (Å²) >= 11 is 5.97. The zero-order valence-electron chi connectivity index (χ0n) is 12.8. The average Bonchev–Trinajstić information content (AvgIpc) is 2.71. The lowest BCUT2D eigenvalue weighted by Crippen LogP contribution is -2.30. The maximum Gasteiger partial charge on any atom is 0.305 e. The molecule has 0 aliphatic carbocycles. The van der Waals surface area contributed by atoms with E-state index in [0.29, 0.717) is 5.56 Å². The molecule has 2 aromatic rings. The first-order chi connectivity index (χ1) is 11.1. The van der Waals surface area contributed by atoms with Gasteiger partial charge in [0.2, 0.25) is 10.0 Å². The third-order valence-corrected chi connectivity index (χ3v) is 5.48. The number of nitrogens with zero attached hydrogens (tertiary/aromatic N) is 2. The van der Waals surface area contributed by atoms with Crippen LogP contribution in [-0.2, 0) is 21.9 Å². The van der Waals surface area contributed by atoms with Crippen molar-refractivity contribution >= 4 is 27.6 Å². The Kier molecular flexibility index (Phi) is 5.26. The Morgan fingerprint density at radius 1 is 1.42 bits per heavy atom. The van der Waals surface area contributed by atoms with Crippen LogP contribution in [0.1, 0.15) is 23.7 Å². The second kappa shape index (κ2) is 6.88. The van der Waals surface area contributed by atoms with E-state index in [-0.39, 0.29) is 15.7 Å². The largest absolute Gasteiger partial charge is 0.481 e. The SMILES string of the molecule is Cc1nn(C)c(Cl)c1S(=O)(=O)NC(CC(=O)O)c1ccc(F)cc1. The van der Waals surface area contributed by atoms with Crippen LogP contribution in [0.25, 0.3) is 0 Å². The molecule has 0 fully saturated rings. The van der Waals surface area contributed by atoms with Crippen LogP contribution >= 0.6 is 11.6 Å². The smallest absolute Gasteiger partial charge is 0.305 e. The molecule has 7 nitrogen and oxygen atoms in total. The summed E-state index contributed by atoms with van der Waals surface area (Å²) in [7, 11) is -2.64. The van der Waals surface area contributed by atoms with E-state index in [0.717, 1.165) is 12.1 Å². The molecule has 10 heteroatoms. The van der Waals surface area contributed by atoms with Crippen molar-refractivity contribution in [3.05, 3.63) is 46.5 Å². The van der Waals surface area contributed by atoms with Gasteiger partial charge in [-0.05, 0) is 24.6 Å². The molecule has 0 amide bonds. The van der Waals surface area contributed by atoms with Gasteiger partial charge in [-0.25, -0.2) is 17.5 Å². The zero-order chi connectivity index (χ0) is 18.1. The Morgan fingerprint density at radius 3 is 2.46 bits per heavy atom. The van der Waals surface area contributed by atoms with Gasteiger partial charge in [-0.15, -0.1) is 0 Å². The lowest BCUT2D eigenvalue weighted by Gasteiger charge is -2.17. The lowest BCUT2D eigenvalue weighted by atomic mass is 10.1. The van der Waals surface area contributed by atoms with Crippen LogP contribution < -0.4 is 4.72 Å². The van der Waals surface area contributed by atoms with Crippen LogP contribution in [0.4, 0.5) is 4.39 Å². The normalized spacial score (nSPS) is 13.0. The summed E-state index contributed by atoms with van der Waals surface area (Å²) < 4.78 is 41.8. The minimum Gasteiger partial charge on any atom is -0.481 e. The van der Waals surface area contributed by atoms with Gasteiger partial charge in [0.05, 0.1) is 18.2 Å². The molecule has 0 radical (unpaired) electrons. The molecule has 1 aromatic heterocycles. The fraction of sp³-hybridized carbons (Fsp3) is 0.286. The number of hydrogen-bond acceptors (Lipinski definition) is 4. The molecule has 2 rings (SSSR count). The van der Waals surface area contributed by atoms with Crippen molar-refractivity contribution in [1.29, 1.82) is 0 Å². The Bertz CT molecular complexity index is 865. The average molecular weight is 376 g/mol. The second-order valence-electron chi connectivity index (χ2n) is 5.15. The van der Waals surface area contributed by atoms with E-state index in [1.54, 1.807) is 0 Å². The topological polar surface area (TPSA) is 101 Å². The number of carbonyl (C=O) groups is 1. The highest BCUT2D eigenvalue weighted by Gasteiger charge is 2.29. The number of benzene rings is 1. The van der Waals surface area contributed by atoms with Crippen LogP contribution in [-0.4, -0.2) is 29.3 Å². The van der Waals surface area contributed by atoms with E-state index < -0.39 is 34.3 Å². The first-order valence-electron chi connectivity index (χ1n) is 6.80. The quantitative estimate of drug-likeness (QED) is 0.804. The number of hydrogen-bond donors (Lipinski definition) is 2. The molecular formula is C14H15ClFN3O4S. The number of halogens is 2. The van der Waals surface area contributed by atoms with Crippen molar-refractivity contribution in [3.63, 3.8) is 0 Å². The maximum absolute atomic E-state index is 13.0. The summed E-state index contributed by atoms with van der Waals surface area (Å²) in [4.78, 5) is 10.8. The van der Waals surface area contributed by atoms with Gasteiger partial charge >= 0.3 is 5.97 Å². The minimum absolute atomic E-state index is 0.0896. The van der Waals surface area contributed by atoms with Crippen molar-refractivity contribution < 1.29 is 22.7 Å². The van der Waals surface area contributed by atoms with Gasteiger partial charge in [0, 0.05) is 7.05 Å². The number of aromatic nitrogens is 2. The third-order valence-electron chi connectivity index (χ3n) is 3.32. The Labute approximate surface area is 143 Å². The number of sulfonamides is 1.